The molecule has 1 heterocycles. The molecule has 0 aromatic heterocycles. The predicted molar refractivity (Wildman–Crippen MR) is 102 cm³/mol. The van der Waals surface area contributed by atoms with Gasteiger partial charge in [0.2, 0.25) is 5.76 Å². The van der Waals surface area contributed by atoms with Crippen LogP contribution in [0.4, 0.5) is 0 Å². The summed E-state index contributed by atoms with van der Waals surface area (Å²) in [4.78, 5) is 12.1. The van der Waals surface area contributed by atoms with Crippen LogP contribution in [0, 0.1) is 0 Å². The van der Waals surface area contributed by atoms with Crippen molar-refractivity contribution in [3.8, 4) is 16.9 Å². The highest BCUT2D eigenvalue weighted by Crippen LogP contribution is 2.40. The van der Waals surface area contributed by atoms with E-state index in [2.05, 4.69) is 36.4 Å². The van der Waals surface area contributed by atoms with Gasteiger partial charge in [-0.3, -0.25) is 0 Å². The van der Waals surface area contributed by atoms with E-state index in [-0.39, 0.29) is 5.76 Å². The molecule has 0 aliphatic carbocycles. The molecule has 3 heteroatoms. The lowest BCUT2D eigenvalue weighted by Gasteiger charge is -2.15. The average Bonchev–Trinajstić information content (AvgIpc) is 3.53. The summed E-state index contributed by atoms with van der Waals surface area (Å²) in [5.74, 6) is 0.310. The molecule has 1 aliphatic rings. The minimum Gasteiger partial charge on any atom is -0.450 e. The number of esters is 1. The van der Waals surface area contributed by atoms with E-state index in [1.807, 2.05) is 42.5 Å². The molecular formula is C23H14O3. The van der Waals surface area contributed by atoms with E-state index in [1.54, 1.807) is 0 Å². The number of ether oxygens (including phenoxy) is 2. The molecule has 124 valence electrons. The Bertz CT molecular complexity index is 1200. The maximum atomic E-state index is 12.1. The van der Waals surface area contributed by atoms with Crippen molar-refractivity contribution >= 4 is 27.5 Å². The van der Waals surface area contributed by atoms with Gasteiger partial charge in [0.25, 0.3) is 0 Å². The molecular weight excluding hydrogens is 324 g/mol. The smallest absolute Gasteiger partial charge is 0.382 e. The lowest BCUT2D eigenvalue weighted by Crippen LogP contribution is -2.07. The highest BCUT2D eigenvalue weighted by Gasteiger charge is 2.25. The first-order chi connectivity index (χ1) is 12.8. The molecule has 0 unspecified atom stereocenters. The third kappa shape index (κ3) is 2.42. The molecule has 0 bridgehead atoms. The molecule has 0 amide bonds. The van der Waals surface area contributed by atoms with Gasteiger partial charge in [0.05, 0.1) is 0 Å². The van der Waals surface area contributed by atoms with Crippen molar-refractivity contribution in [2.24, 2.45) is 0 Å². The standard InChI is InChI=1S/C23H14O3/c24-23(21-14-25-21)26-20-13-12-16-7-2-4-10-18(16)22(20)19-11-5-8-15-6-1-3-9-17(15)19/h1-14H. The zero-order valence-corrected chi connectivity index (χ0v) is 13.8. The van der Waals surface area contributed by atoms with Gasteiger partial charge in [-0.15, -0.1) is 0 Å². The molecule has 0 radical (unpaired) electrons. The van der Waals surface area contributed by atoms with Gasteiger partial charge < -0.3 is 9.47 Å². The second kappa shape index (κ2) is 5.74. The second-order valence-corrected chi connectivity index (χ2v) is 6.18. The first-order valence-electron chi connectivity index (χ1n) is 8.40. The number of benzene rings is 4. The second-order valence-electron chi connectivity index (χ2n) is 6.18. The van der Waals surface area contributed by atoms with Gasteiger partial charge in [0, 0.05) is 5.56 Å². The van der Waals surface area contributed by atoms with Crippen LogP contribution in [0.15, 0.2) is 90.9 Å². The Kier molecular flexibility index (Phi) is 3.25. The summed E-state index contributed by atoms with van der Waals surface area (Å²) in [7, 11) is 0. The molecule has 26 heavy (non-hydrogen) atoms. The SMILES string of the molecule is O=C(Oc1ccc2ccccc2c1-c1cccc2ccccc12)C1=CO1. The summed E-state index contributed by atoms with van der Waals surface area (Å²) >= 11 is 0. The minimum atomic E-state index is -0.471. The van der Waals surface area contributed by atoms with Crippen molar-refractivity contribution in [1.29, 1.82) is 0 Å². The Morgan fingerprint density at radius 2 is 1.38 bits per heavy atom. The average molecular weight is 338 g/mol. The number of carbonyl (C=O) groups excluding carboxylic acids is 1. The van der Waals surface area contributed by atoms with Crippen molar-refractivity contribution < 1.29 is 14.3 Å². The van der Waals surface area contributed by atoms with Crippen LogP contribution in [0.5, 0.6) is 5.75 Å². The third-order valence-electron chi connectivity index (χ3n) is 4.59. The topological polar surface area (TPSA) is 38.8 Å². The van der Waals surface area contributed by atoms with Crippen molar-refractivity contribution in [3.63, 3.8) is 0 Å². The van der Waals surface area contributed by atoms with Crippen LogP contribution in [0.2, 0.25) is 0 Å². The minimum absolute atomic E-state index is 0.252. The van der Waals surface area contributed by atoms with Gasteiger partial charge in [-0.05, 0) is 33.2 Å². The molecule has 1 aliphatic heterocycles. The molecule has 0 atom stereocenters. The number of hydrogen-bond donors (Lipinski definition) is 0. The first-order valence-corrected chi connectivity index (χ1v) is 8.40. The monoisotopic (exact) mass is 338 g/mol. The van der Waals surface area contributed by atoms with Gasteiger partial charge in [-0.1, -0.05) is 72.8 Å². The van der Waals surface area contributed by atoms with Crippen LogP contribution in [0.3, 0.4) is 0 Å². The summed E-state index contributed by atoms with van der Waals surface area (Å²) in [5, 5.41) is 4.39. The lowest BCUT2D eigenvalue weighted by molar-refractivity contribution is -0.131. The van der Waals surface area contributed by atoms with Crippen molar-refractivity contribution in [2.45, 2.75) is 0 Å². The van der Waals surface area contributed by atoms with Crippen LogP contribution >= 0.6 is 0 Å². The summed E-state index contributed by atoms with van der Waals surface area (Å²) in [6.45, 7) is 0. The zero-order chi connectivity index (χ0) is 17.5. The molecule has 0 saturated heterocycles. The molecule has 4 aromatic rings. The fourth-order valence-corrected chi connectivity index (χ4v) is 3.33. The zero-order valence-electron chi connectivity index (χ0n) is 13.8. The normalized spacial score (nSPS) is 12.5. The fourth-order valence-electron chi connectivity index (χ4n) is 3.33. The highest BCUT2D eigenvalue weighted by atomic mass is 16.6. The van der Waals surface area contributed by atoms with Crippen LogP contribution in [0.1, 0.15) is 0 Å². The largest absolute Gasteiger partial charge is 0.450 e. The summed E-state index contributed by atoms with van der Waals surface area (Å²) < 4.78 is 10.5. The maximum Gasteiger partial charge on any atom is 0.382 e. The van der Waals surface area contributed by atoms with Crippen molar-refractivity contribution in [1.82, 2.24) is 0 Å². The third-order valence-corrected chi connectivity index (χ3v) is 4.59. The van der Waals surface area contributed by atoms with E-state index in [0.717, 1.165) is 32.7 Å². The molecule has 0 fully saturated rings. The Hall–Kier alpha value is -3.59. The summed E-state index contributed by atoms with van der Waals surface area (Å²) in [6.07, 6.45) is 1.39. The van der Waals surface area contributed by atoms with E-state index in [0.29, 0.717) is 5.75 Å². The fraction of sp³-hybridized carbons (Fsp3) is 0. The predicted octanol–water partition coefficient (Wildman–Crippen LogP) is 5.44. The lowest BCUT2D eigenvalue weighted by atomic mass is 9.93. The van der Waals surface area contributed by atoms with E-state index in [9.17, 15) is 4.79 Å². The quantitative estimate of drug-likeness (QED) is 0.369. The summed E-state index contributed by atoms with van der Waals surface area (Å²) in [6, 6.07) is 26.3. The van der Waals surface area contributed by atoms with Crippen LogP contribution < -0.4 is 4.74 Å². The Morgan fingerprint density at radius 3 is 2.15 bits per heavy atom. The molecule has 0 N–H and O–H groups in total. The Balaban J connectivity index is 1.81. The highest BCUT2D eigenvalue weighted by molar-refractivity contribution is 6.08. The van der Waals surface area contributed by atoms with E-state index in [1.165, 1.54) is 6.26 Å². The van der Waals surface area contributed by atoms with Gasteiger partial charge in [0.15, 0.2) is 0 Å². The summed E-state index contributed by atoms with van der Waals surface area (Å²) in [5.41, 5.74) is 1.95. The van der Waals surface area contributed by atoms with Crippen LogP contribution in [-0.2, 0) is 9.53 Å². The van der Waals surface area contributed by atoms with E-state index < -0.39 is 5.97 Å². The molecule has 5 rings (SSSR count). The number of hydrogen-bond acceptors (Lipinski definition) is 3. The van der Waals surface area contributed by atoms with E-state index in [4.69, 9.17) is 9.47 Å². The van der Waals surface area contributed by atoms with Gasteiger partial charge in [-0.25, -0.2) is 4.79 Å². The number of rotatable bonds is 3. The number of fused-ring (bicyclic) bond motifs is 2. The van der Waals surface area contributed by atoms with Gasteiger partial charge in [0.1, 0.15) is 12.0 Å². The molecule has 3 nitrogen and oxygen atoms in total. The first kappa shape index (κ1) is 14.7. The molecule has 0 spiro atoms. The van der Waals surface area contributed by atoms with Crippen molar-refractivity contribution in [2.75, 3.05) is 0 Å². The van der Waals surface area contributed by atoms with Gasteiger partial charge >= 0.3 is 5.97 Å². The Morgan fingerprint density at radius 1 is 0.731 bits per heavy atom. The van der Waals surface area contributed by atoms with Crippen LogP contribution in [0.25, 0.3) is 32.7 Å². The molecule has 0 saturated carbocycles. The molecule has 4 aromatic carbocycles. The maximum absolute atomic E-state index is 12.1. The van der Waals surface area contributed by atoms with E-state index >= 15 is 0 Å². The Labute approximate surface area is 150 Å². The van der Waals surface area contributed by atoms with Gasteiger partial charge in [-0.2, -0.15) is 0 Å². The van der Waals surface area contributed by atoms with Crippen LogP contribution in [-0.4, -0.2) is 5.97 Å². The van der Waals surface area contributed by atoms with Crippen molar-refractivity contribution in [3.05, 3.63) is 90.9 Å². The number of carbonyl (C=O) groups is 1.